The first-order valence-electron chi connectivity index (χ1n) is 6.60. The van der Waals surface area contributed by atoms with Crippen molar-refractivity contribution >= 4 is 5.91 Å². The van der Waals surface area contributed by atoms with E-state index in [-0.39, 0.29) is 17.9 Å². The average Bonchev–Trinajstić information content (AvgIpc) is 2.37. The molecular formula is C14H21N3O. The maximum absolute atomic E-state index is 12.0. The Labute approximate surface area is 108 Å². The Balaban J connectivity index is 1.86. The highest BCUT2D eigenvalue weighted by molar-refractivity contribution is 5.78. The molecule has 18 heavy (non-hydrogen) atoms. The molecule has 1 saturated carbocycles. The van der Waals surface area contributed by atoms with Crippen molar-refractivity contribution in [2.45, 2.75) is 45.2 Å². The van der Waals surface area contributed by atoms with E-state index in [0.29, 0.717) is 6.54 Å². The van der Waals surface area contributed by atoms with Crippen molar-refractivity contribution in [2.75, 3.05) is 0 Å². The van der Waals surface area contributed by atoms with E-state index in [2.05, 4.69) is 10.3 Å². The summed E-state index contributed by atoms with van der Waals surface area (Å²) in [5, 5.41) is 2.97. The molecule has 1 aliphatic carbocycles. The Morgan fingerprint density at radius 2 is 2.39 bits per heavy atom. The molecular weight excluding hydrogens is 226 g/mol. The van der Waals surface area contributed by atoms with Crippen LogP contribution in [0.25, 0.3) is 0 Å². The van der Waals surface area contributed by atoms with Crippen LogP contribution in [0.1, 0.15) is 36.9 Å². The lowest BCUT2D eigenvalue weighted by Crippen LogP contribution is -2.37. The highest BCUT2D eigenvalue weighted by Crippen LogP contribution is 2.23. The van der Waals surface area contributed by atoms with Crippen LogP contribution in [0.3, 0.4) is 0 Å². The molecule has 0 spiro atoms. The van der Waals surface area contributed by atoms with Crippen molar-refractivity contribution in [2.24, 2.45) is 11.7 Å². The molecule has 1 aromatic heterocycles. The molecule has 1 aliphatic rings. The molecule has 4 nitrogen and oxygen atoms in total. The van der Waals surface area contributed by atoms with Gasteiger partial charge in [0.05, 0.1) is 12.2 Å². The van der Waals surface area contributed by atoms with Crippen molar-refractivity contribution in [3.8, 4) is 0 Å². The number of amides is 1. The topological polar surface area (TPSA) is 68.0 Å². The van der Waals surface area contributed by atoms with Gasteiger partial charge in [-0.1, -0.05) is 12.5 Å². The number of hydrogen-bond acceptors (Lipinski definition) is 3. The standard InChI is InChI=1S/C14H21N3O/c1-10-4-3-7-16-13(10)9-17-14(18)11-5-2-6-12(15)8-11/h3-4,7,11-12H,2,5-6,8-9,15H2,1H3,(H,17,18). The zero-order chi connectivity index (χ0) is 13.0. The summed E-state index contributed by atoms with van der Waals surface area (Å²) in [4.78, 5) is 16.3. The summed E-state index contributed by atoms with van der Waals surface area (Å²) in [7, 11) is 0. The number of nitrogens with zero attached hydrogens (tertiary/aromatic N) is 1. The minimum absolute atomic E-state index is 0.0813. The van der Waals surface area contributed by atoms with E-state index in [1.807, 2.05) is 19.1 Å². The van der Waals surface area contributed by atoms with E-state index in [1.54, 1.807) is 6.20 Å². The quantitative estimate of drug-likeness (QED) is 0.851. The molecule has 0 radical (unpaired) electrons. The first-order chi connectivity index (χ1) is 8.66. The van der Waals surface area contributed by atoms with Gasteiger partial charge in [0.2, 0.25) is 5.91 Å². The smallest absolute Gasteiger partial charge is 0.223 e. The lowest BCUT2D eigenvalue weighted by Gasteiger charge is -2.25. The van der Waals surface area contributed by atoms with E-state index in [9.17, 15) is 4.79 Å². The number of nitrogens with one attached hydrogen (secondary N) is 1. The van der Waals surface area contributed by atoms with Crippen LogP contribution in [-0.4, -0.2) is 16.9 Å². The zero-order valence-corrected chi connectivity index (χ0v) is 10.9. The van der Waals surface area contributed by atoms with Crippen LogP contribution in [0.2, 0.25) is 0 Å². The van der Waals surface area contributed by atoms with Crippen molar-refractivity contribution in [3.05, 3.63) is 29.6 Å². The fraction of sp³-hybridized carbons (Fsp3) is 0.571. The van der Waals surface area contributed by atoms with E-state index in [4.69, 9.17) is 5.73 Å². The van der Waals surface area contributed by atoms with E-state index < -0.39 is 0 Å². The predicted molar refractivity (Wildman–Crippen MR) is 70.8 cm³/mol. The predicted octanol–water partition coefficient (Wildman–Crippen LogP) is 1.52. The first kappa shape index (κ1) is 13.0. The SMILES string of the molecule is Cc1cccnc1CNC(=O)C1CCCC(N)C1. The third-order valence-corrected chi connectivity index (χ3v) is 3.63. The van der Waals surface area contributed by atoms with Gasteiger partial charge in [-0.15, -0.1) is 0 Å². The number of pyridine rings is 1. The Morgan fingerprint density at radius 3 is 3.11 bits per heavy atom. The van der Waals surface area contributed by atoms with E-state index in [0.717, 1.165) is 36.9 Å². The van der Waals surface area contributed by atoms with Crippen LogP contribution < -0.4 is 11.1 Å². The van der Waals surface area contributed by atoms with Gasteiger partial charge in [0, 0.05) is 18.2 Å². The number of aryl methyl sites for hydroxylation is 1. The van der Waals surface area contributed by atoms with Gasteiger partial charge in [0.25, 0.3) is 0 Å². The summed E-state index contributed by atoms with van der Waals surface area (Å²) < 4.78 is 0. The summed E-state index contributed by atoms with van der Waals surface area (Å²) in [5.74, 6) is 0.202. The Bertz CT molecular complexity index is 419. The van der Waals surface area contributed by atoms with Crippen molar-refractivity contribution in [1.29, 1.82) is 0 Å². The Morgan fingerprint density at radius 1 is 1.56 bits per heavy atom. The normalized spacial score (nSPS) is 23.7. The molecule has 2 atom stereocenters. The number of carbonyl (C=O) groups is 1. The number of aromatic nitrogens is 1. The van der Waals surface area contributed by atoms with E-state index in [1.165, 1.54) is 0 Å². The van der Waals surface area contributed by atoms with Gasteiger partial charge in [0.1, 0.15) is 0 Å². The monoisotopic (exact) mass is 247 g/mol. The molecule has 4 heteroatoms. The second-order valence-corrected chi connectivity index (χ2v) is 5.11. The molecule has 98 valence electrons. The molecule has 1 aromatic rings. The van der Waals surface area contributed by atoms with Crippen LogP contribution in [-0.2, 0) is 11.3 Å². The summed E-state index contributed by atoms with van der Waals surface area (Å²) in [6.07, 6.45) is 5.63. The minimum atomic E-state index is 0.0813. The summed E-state index contributed by atoms with van der Waals surface area (Å²) in [6, 6.07) is 4.09. The summed E-state index contributed by atoms with van der Waals surface area (Å²) in [6.45, 7) is 2.52. The second kappa shape index (κ2) is 5.96. The van der Waals surface area contributed by atoms with Gasteiger partial charge in [-0.05, 0) is 37.8 Å². The fourth-order valence-corrected chi connectivity index (χ4v) is 2.48. The van der Waals surface area contributed by atoms with Crippen LogP contribution in [0.5, 0.6) is 0 Å². The highest BCUT2D eigenvalue weighted by Gasteiger charge is 2.25. The second-order valence-electron chi connectivity index (χ2n) is 5.11. The Kier molecular flexibility index (Phi) is 4.31. The number of nitrogens with two attached hydrogens (primary N) is 1. The van der Waals surface area contributed by atoms with Crippen LogP contribution >= 0.6 is 0 Å². The third kappa shape index (κ3) is 3.29. The Hall–Kier alpha value is -1.42. The third-order valence-electron chi connectivity index (χ3n) is 3.63. The molecule has 0 aliphatic heterocycles. The van der Waals surface area contributed by atoms with Crippen molar-refractivity contribution in [3.63, 3.8) is 0 Å². The molecule has 2 unspecified atom stereocenters. The summed E-state index contributed by atoms with van der Waals surface area (Å²) in [5.41, 5.74) is 7.95. The van der Waals surface area contributed by atoms with Crippen LogP contribution in [0, 0.1) is 12.8 Å². The maximum Gasteiger partial charge on any atom is 0.223 e. The summed E-state index contributed by atoms with van der Waals surface area (Å²) >= 11 is 0. The number of rotatable bonds is 3. The van der Waals surface area contributed by atoms with Crippen molar-refractivity contribution in [1.82, 2.24) is 10.3 Å². The van der Waals surface area contributed by atoms with Gasteiger partial charge in [-0.3, -0.25) is 9.78 Å². The molecule has 0 aromatic carbocycles. The van der Waals surface area contributed by atoms with E-state index >= 15 is 0 Å². The molecule has 3 N–H and O–H groups in total. The highest BCUT2D eigenvalue weighted by atomic mass is 16.1. The minimum Gasteiger partial charge on any atom is -0.350 e. The van der Waals surface area contributed by atoms with Gasteiger partial charge >= 0.3 is 0 Å². The maximum atomic E-state index is 12.0. The fourth-order valence-electron chi connectivity index (χ4n) is 2.48. The van der Waals surface area contributed by atoms with Gasteiger partial charge in [-0.25, -0.2) is 0 Å². The number of hydrogen-bond donors (Lipinski definition) is 2. The first-order valence-corrected chi connectivity index (χ1v) is 6.60. The average molecular weight is 247 g/mol. The van der Waals surface area contributed by atoms with Gasteiger partial charge in [0.15, 0.2) is 0 Å². The molecule has 1 fully saturated rings. The van der Waals surface area contributed by atoms with Gasteiger partial charge < -0.3 is 11.1 Å². The van der Waals surface area contributed by atoms with Crippen LogP contribution in [0.4, 0.5) is 0 Å². The molecule has 0 bridgehead atoms. The lowest BCUT2D eigenvalue weighted by molar-refractivity contribution is -0.126. The molecule has 1 amide bonds. The van der Waals surface area contributed by atoms with Crippen molar-refractivity contribution < 1.29 is 4.79 Å². The van der Waals surface area contributed by atoms with Crippen LogP contribution in [0.15, 0.2) is 18.3 Å². The zero-order valence-electron chi connectivity index (χ0n) is 10.9. The molecule has 1 heterocycles. The molecule has 0 saturated heterocycles. The number of carbonyl (C=O) groups excluding carboxylic acids is 1. The lowest BCUT2D eigenvalue weighted by atomic mass is 9.85. The van der Waals surface area contributed by atoms with Gasteiger partial charge in [-0.2, -0.15) is 0 Å². The largest absolute Gasteiger partial charge is 0.350 e. The molecule has 2 rings (SSSR count).